The minimum atomic E-state index is -0.980. The van der Waals surface area contributed by atoms with Gasteiger partial charge in [-0.2, -0.15) is 0 Å². The first-order valence-electron chi connectivity index (χ1n) is 6.36. The molecule has 0 amide bonds. The normalized spacial score (nSPS) is 11.6. The molecule has 0 aromatic heterocycles. The first-order chi connectivity index (χ1) is 7.73. The van der Waals surface area contributed by atoms with Crippen LogP contribution in [-0.2, 0) is 0 Å². The molecule has 0 saturated carbocycles. The van der Waals surface area contributed by atoms with Gasteiger partial charge in [-0.1, -0.05) is 0 Å². The molecule has 0 N–H and O–H groups in total. The molecular weight excluding hydrogens is 278 g/mol. The van der Waals surface area contributed by atoms with E-state index in [9.17, 15) is 0 Å². The number of hydrogen-bond donors (Lipinski definition) is 0. The maximum absolute atomic E-state index is 3.59. The van der Waals surface area contributed by atoms with Crippen molar-refractivity contribution in [3.05, 3.63) is 30.3 Å². The van der Waals surface area contributed by atoms with Gasteiger partial charge in [0.2, 0.25) is 0 Å². The fourth-order valence-corrected chi connectivity index (χ4v) is 7.40. The maximum atomic E-state index is 3.59. The van der Waals surface area contributed by atoms with E-state index < -0.39 is 5.51 Å². The molecule has 0 saturated heterocycles. The van der Waals surface area contributed by atoms with Crippen LogP contribution in [0.15, 0.2) is 30.3 Å². The molecular formula is C14H23PSe. The van der Waals surface area contributed by atoms with Crippen LogP contribution in [0.5, 0.6) is 0 Å². The fourth-order valence-electron chi connectivity index (χ4n) is 1.90. The average Bonchev–Trinajstić information content (AvgIpc) is 2.35. The van der Waals surface area contributed by atoms with Gasteiger partial charge in [-0.3, -0.25) is 0 Å². The average molecular weight is 301 g/mol. The second-order valence-electron chi connectivity index (χ2n) is 4.38. The first kappa shape index (κ1) is 14.2. The van der Waals surface area contributed by atoms with Crippen LogP contribution < -0.4 is 5.30 Å². The summed E-state index contributed by atoms with van der Waals surface area (Å²) in [5.74, 6) is 0. The van der Waals surface area contributed by atoms with E-state index in [1.54, 1.807) is 5.30 Å². The van der Waals surface area contributed by atoms with Gasteiger partial charge in [-0.15, -0.1) is 0 Å². The SMILES string of the molecule is CCCCP(=[Se])(CCCC)c1ccccc1. The Bertz CT molecular complexity index is 320. The second kappa shape index (κ2) is 7.49. The van der Waals surface area contributed by atoms with Crippen LogP contribution in [0.3, 0.4) is 0 Å². The number of hydrogen-bond acceptors (Lipinski definition) is 0. The van der Waals surface area contributed by atoms with Crippen molar-refractivity contribution in [3.63, 3.8) is 0 Å². The number of benzene rings is 1. The number of rotatable bonds is 7. The van der Waals surface area contributed by atoms with Crippen molar-refractivity contribution >= 4 is 25.9 Å². The molecule has 0 bridgehead atoms. The fraction of sp³-hybridized carbons (Fsp3) is 0.571. The molecule has 1 aromatic carbocycles. The van der Waals surface area contributed by atoms with E-state index in [0.29, 0.717) is 0 Å². The van der Waals surface area contributed by atoms with Crippen molar-refractivity contribution in [2.45, 2.75) is 39.5 Å². The Balaban J connectivity index is 2.82. The summed E-state index contributed by atoms with van der Waals surface area (Å²) in [5.41, 5.74) is -0.980. The third kappa shape index (κ3) is 4.21. The molecule has 0 unspecified atom stereocenters. The van der Waals surface area contributed by atoms with Crippen LogP contribution in [0.2, 0.25) is 0 Å². The zero-order valence-electron chi connectivity index (χ0n) is 10.5. The standard InChI is InChI=1S/C14H23PSe/c1-3-5-12-15(16,13-6-4-2)14-10-8-7-9-11-14/h7-11H,3-6,12-13H2,1-2H3. The molecule has 0 aliphatic heterocycles. The van der Waals surface area contributed by atoms with Crippen molar-refractivity contribution in [1.29, 1.82) is 0 Å². The van der Waals surface area contributed by atoms with Gasteiger partial charge in [-0.05, 0) is 0 Å². The van der Waals surface area contributed by atoms with Gasteiger partial charge in [0.25, 0.3) is 0 Å². The van der Waals surface area contributed by atoms with Crippen LogP contribution in [0.1, 0.15) is 39.5 Å². The Morgan fingerprint density at radius 1 is 0.938 bits per heavy atom. The Hall–Kier alpha value is 0.169. The van der Waals surface area contributed by atoms with Gasteiger partial charge in [-0.25, -0.2) is 0 Å². The topological polar surface area (TPSA) is 0 Å². The Morgan fingerprint density at radius 2 is 1.44 bits per heavy atom. The zero-order chi connectivity index (χ0) is 11.9. The van der Waals surface area contributed by atoms with Crippen molar-refractivity contribution < 1.29 is 0 Å². The molecule has 0 nitrogen and oxygen atoms in total. The second-order valence-corrected chi connectivity index (χ2v) is 12.0. The van der Waals surface area contributed by atoms with Crippen LogP contribution in [0.25, 0.3) is 0 Å². The van der Waals surface area contributed by atoms with E-state index in [1.165, 1.54) is 38.0 Å². The van der Waals surface area contributed by atoms with E-state index in [-0.39, 0.29) is 0 Å². The van der Waals surface area contributed by atoms with Gasteiger partial charge in [0.15, 0.2) is 0 Å². The molecule has 1 aromatic rings. The van der Waals surface area contributed by atoms with E-state index in [0.717, 1.165) is 0 Å². The summed E-state index contributed by atoms with van der Waals surface area (Å²) in [5, 5.41) is 1.58. The predicted molar refractivity (Wildman–Crippen MR) is 78.3 cm³/mol. The van der Waals surface area contributed by atoms with E-state index >= 15 is 0 Å². The van der Waals surface area contributed by atoms with Gasteiger partial charge in [0, 0.05) is 0 Å². The molecule has 90 valence electrons. The molecule has 16 heavy (non-hydrogen) atoms. The molecule has 1 rings (SSSR count). The van der Waals surface area contributed by atoms with E-state index in [2.05, 4.69) is 59.3 Å². The van der Waals surface area contributed by atoms with Crippen LogP contribution in [0, 0.1) is 0 Å². The summed E-state index contributed by atoms with van der Waals surface area (Å²) in [6, 6.07) is 11.1. The van der Waals surface area contributed by atoms with Crippen LogP contribution in [-0.4, -0.2) is 27.4 Å². The molecule has 2 heteroatoms. The molecule has 0 aliphatic rings. The summed E-state index contributed by atoms with van der Waals surface area (Å²) >= 11 is 3.59. The molecule has 0 aliphatic carbocycles. The third-order valence-corrected chi connectivity index (χ3v) is 9.91. The van der Waals surface area contributed by atoms with Gasteiger partial charge in [0.1, 0.15) is 0 Å². The third-order valence-electron chi connectivity index (χ3n) is 2.97. The summed E-state index contributed by atoms with van der Waals surface area (Å²) in [7, 11) is 0. The van der Waals surface area contributed by atoms with E-state index in [4.69, 9.17) is 0 Å². The first-order valence-corrected chi connectivity index (χ1v) is 10.7. The Kier molecular flexibility index (Phi) is 6.66. The quantitative estimate of drug-likeness (QED) is 0.527. The number of unbranched alkanes of at least 4 members (excludes halogenated alkanes) is 2. The minimum absolute atomic E-state index is 0.980. The van der Waals surface area contributed by atoms with Gasteiger partial charge >= 0.3 is 108 Å². The molecule has 0 spiro atoms. The van der Waals surface area contributed by atoms with Gasteiger partial charge < -0.3 is 0 Å². The predicted octanol–water partition coefficient (Wildman–Crippen LogP) is 4.01. The molecule has 0 fully saturated rings. The van der Waals surface area contributed by atoms with Crippen molar-refractivity contribution in [2.75, 3.05) is 12.3 Å². The summed E-state index contributed by atoms with van der Waals surface area (Å²) in [6.45, 7) is 4.57. The Labute approximate surface area is 108 Å². The van der Waals surface area contributed by atoms with Crippen molar-refractivity contribution in [3.8, 4) is 0 Å². The van der Waals surface area contributed by atoms with Crippen LogP contribution >= 0.6 is 5.51 Å². The summed E-state index contributed by atoms with van der Waals surface area (Å²) in [6.07, 6.45) is 8.10. The monoisotopic (exact) mass is 302 g/mol. The van der Waals surface area contributed by atoms with Crippen molar-refractivity contribution in [1.82, 2.24) is 0 Å². The molecule has 0 radical (unpaired) electrons. The molecule has 0 heterocycles. The van der Waals surface area contributed by atoms with Crippen molar-refractivity contribution in [2.24, 2.45) is 0 Å². The Morgan fingerprint density at radius 3 is 1.88 bits per heavy atom. The van der Waals surface area contributed by atoms with Crippen LogP contribution in [0.4, 0.5) is 0 Å². The van der Waals surface area contributed by atoms with Gasteiger partial charge in [0.05, 0.1) is 0 Å². The summed E-state index contributed by atoms with van der Waals surface area (Å²) in [4.78, 5) is 0. The molecule has 0 atom stereocenters. The zero-order valence-corrected chi connectivity index (χ0v) is 13.1. The summed E-state index contributed by atoms with van der Waals surface area (Å²) < 4.78 is 0. The van der Waals surface area contributed by atoms with E-state index in [1.807, 2.05) is 0 Å².